The highest BCUT2D eigenvalue weighted by Gasteiger charge is 2.28. The summed E-state index contributed by atoms with van der Waals surface area (Å²) in [6, 6.07) is 17.3. The lowest BCUT2D eigenvalue weighted by Crippen LogP contribution is -2.45. The van der Waals surface area contributed by atoms with Gasteiger partial charge in [-0.3, -0.25) is 24.3 Å². The number of ketones is 1. The van der Waals surface area contributed by atoms with Gasteiger partial charge in [0.25, 0.3) is 5.91 Å². The molecule has 0 saturated carbocycles. The molecule has 0 saturated heterocycles. The number of carbonyl (C=O) groups excluding carboxylic acids is 3. The number of carbonyl (C=O) groups is 3. The fourth-order valence-electron chi connectivity index (χ4n) is 3.53. The van der Waals surface area contributed by atoms with E-state index in [1.807, 2.05) is 18.2 Å². The van der Waals surface area contributed by atoms with E-state index in [0.717, 1.165) is 5.69 Å². The number of Topliss-reactive ketones (excluding diaryl/α,β-unsaturated/α-hetero) is 1. The van der Waals surface area contributed by atoms with E-state index >= 15 is 0 Å². The molecule has 180 valence electrons. The summed E-state index contributed by atoms with van der Waals surface area (Å²) in [5.74, 6) is 0.682. The van der Waals surface area contributed by atoms with Crippen LogP contribution in [0.1, 0.15) is 16.1 Å². The SMILES string of the molecule is COc1ccc(OCC(=O)c2ccc3c(c2)N(CC(=O)NCCc2ccccn2)C(=O)CO3)cc1. The van der Waals surface area contributed by atoms with Crippen molar-refractivity contribution < 1.29 is 28.6 Å². The van der Waals surface area contributed by atoms with Crippen LogP contribution in [-0.4, -0.2) is 56.0 Å². The zero-order valence-electron chi connectivity index (χ0n) is 19.2. The molecule has 0 spiro atoms. The number of hydrogen-bond acceptors (Lipinski definition) is 7. The van der Waals surface area contributed by atoms with E-state index in [1.54, 1.807) is 55.8 Å². The van der Waals surface area contributed by atoms with Crippen LogP contribution in [0.3, 0.4) is 0 Å². The second kappa shape index (κ2) is 11.1. The minimum absolute atomic E-state index is 0.178. The van der Waals surface area contributed by atoms with Gasteiger partial charge in [0, 0.05) is 30.4 Å². The molecule has 0 aliphatic carbocycles. The number of nitrogens with one attached hydrogen (secondary N) is 1. The maximum atomic E-state index is 12.7. The molecule has 0 unspecified atom stereocenters. The number of nitrogens with zero attached hydrogens (tertiary/aromatic N) is 2. The predicted molar refractivity (Wildman–Crippen MR) is 128 cm³/mol. The molecule has 0 fully saturated rings. The summed E-state index contributed by atoms with van der Waals surface area (Å²) >= 11 is 0. The lowest BCUT2D eigenvalue weighted by Gasteiger charge is -2.29. The van der Waals surface area contributed by atoms with Crippen LogP contribution in [0.5, 0.6) is 17.2 Å². The molecule has 0 atom stereocenters. The lowest BCUT2D eigenvalue weighted by molar-refractivity contribution is -0.125. The highest BCUT2D eigenvalue weighted by molar-refractivity contribution is 6.04. The Labute approximate surface area is 202 Å². The maximum Gasteiger partial charge on any atom is 0.265 e. The first-order chi connectivity index (χ1) is 17.0. The smallest absolute Gasteiger partial charge is 0.265 e. The number of benzene rings is 2. The maximum absolute atomic E-state index is 12.7. The van der Waals surface area contributed by atoms with Crippen molar-refractivity contribution in [2.24, 2.45) is 0 Å². The predicted octanol–water partition coefficient (Wildman–Crippen LogP) is 2.44. The van der Waals surface area contributed by atoms with Crippen LogP contribution < -0.4 is 24.4 Å². The van der Waals surface area contributed by atoms with Crippen molar-refractivity contribution in [3.63, 3.8) is 0 Å². The topological polar surface area (TPSA) is 107 Å². The Morgan fingerprint density at radius 1 is 1.09 bits per heavy atom. The number of aromatic nitrogens is 1. The van der Waals surface area contributed by atoms with Gasteiger partial charge < -0.3 is 19.5 Å². The van der Waals surface area contributed by atoms with Gasteiger partial charge in [0.1, 0.15) is 23.8 Å². The molecule has 35 heavy (non-hydrogen) atoms. The van der Waals surface area contributed by atoms with Crippen LogP contribution in [0.25, 0.3) is 0 Å². The second-order valence-electron chi connectivity index (χ2n) is 7.76. The zero-order valence-corrected chi connectivity index (χ0v) is 19.2. The molecular formula is C26H25N3O6. The fraction of sp³-hybridized carbons (Fsp3) is 0.231. The molecule has 3 aromatic rings. The molecule has 0 radical (unpaired) electrons. The first-order valence-corrected chi connectivity index (χ1v) is 11.1. The molecule has 1 aromatic heterocycles. The van der Waals surface area contributed by atoms with Gasteiger partial charge in [-0.15, -0.1) is 0 Å². The number of pyridine rings is 1. The van der Waals surface area contributed by atoms with Crippen LogP contribution in [0, 0.1) is 0 Å². The Morgan fingerprint density at radius 2 is 1.89 bits per heavy atom. The summed E-state index contributed by atoms with van der Waals surface area (Å²) in [6.45, 7) is -0.157. The molecule has 1 N–H and O–H groups in total. The first-order valence-electron chi connectivity index (χ1n) is 11.1. The molecule has 0 bridgehead atoms. The standard InChI is InChI=1S/C26H25N3O6/c1-33-20-6-8-21(9-7-20)34-16-23(30)18-5-10-24-22(14-18)29(26(32)17-35-24)15-25(31)28-13-11-19-4-2-3-12-27-19/h2-10,12,14H,11,13,15-17H2,1H3,(H,28,31). The van der Waals surface area contributed by atoms with Crippen molar-refractivity contribution in [2.75, 3.05) is 38.3 Å². The van der Waals surface area contributed by atoms with Crippen LogP contribution in [0.15, 0.2) is 66.9 Å². The van der Waals surface area contributed by atoms with Gasteiger partial charge in [0.2, 0.25) is 5.91 Å². The summed E-state index contributed by atoms with van der Waals surface area (Å²) < 4.78 is 16.2. The first kappa shape index (κ1) is 23.7. The van der Waals surface area contributed by atoms with Crippen molar-refractivity contribution in [3.8, 4) is 17.2 Å². The Balaban J connectivity index is 1.38. The summed E-state index contributed by atoms with van der Waals surface area (Å²) in [5, 5.41) is 2.80. The summed E-state index contributed by atoms with van der Waals surface area (Å²) in [4.78, 5) is 43.3. The van der Waals surface area contributed by atoms with Crippen LogP contribution in [-0.2, 0) is 16.0 Å². The van der Waals surface area contributed by atoms with Crippen molar-refractivity contribution >= 4 is 23.3 Å². The van der Waals surface area contributed by atoms with Crippen molar-refractivity contribution in [3.05, 3.63) is 78.1 Å². The quantitative estimate of drug-likeness (QED) is 0.449. The van der Waals surface area contributed by atoms with Gasteiger partial charge in [0.15, 0.2) is 19.0 Å². The Hall–Kier alpha value is -4.40. The molecule has 1 aliphatic rings. The third kappa shape index (κ3) is 6.14. The largest absolute Gasteiger partial charge is 0.497 e. The molecular weight excluding hydrogens is 450 g/mol. The fourth-order valence-corrected chi connectivity index (χ4v) is 3.53. The van der Waals surface area contributed by atoms with E-state index in [2.05, 4.69) is 10.3 Å². The molecule has 2 aromatic carbocycles. The number of ether oxygens (including phenoxy) is 3. The van der Waals surface area contributed by atoms with E-state index in [9.17, 15) is 14.4 Å². The molecule has 4 rings (SSSR count). The third-order valence-corrected chi connectivity index (χ3v) is 5.38. The van der Waals surface area contributed by atoms with Gasteiger partial charge in [-0.1, -0.05) is 6.07 Å². The summed E-state index contributed by atoms with van der Waals surface area (Å²) in [6.07, 6.45) is 2.27. The molecule has 2 amide bonds. The number of amides is 2. The number of fused-ring (bicyclic) bond motifs is 1. The number of rotatable bonds is 10. The van der Waals surface area contributed by atoms with Gasteiger partial charge in [0.05, 0.1) is 12.8 Å². The van der Waals surface area contributed by atoms with Crippen molar-refractivity contribution in [1.82, 2.24) is 10.3 Å². The van der Waals surface area contributed by atoms with E-state index in [-0.39, 0.29) is 37.4 Å². The van der Waals surface area contributed by atoms with E-state index < -0.39 is 0 Å². The van der Waals surface area contributed by atoms with Crippen molar-refractivity contribution in [1.29, 1.82) is 0 Å². The number of methoxy groups -OCH3 is 1. The lowest BCUT2D eigenvalue weighted by atomic mass is 10.1. The van der Waals surface area contributed by atoms with Crippen LogP contribution >= 0.6 is 0 Å². The molecule has 2 heterocycles. The van der Waals surface area contributed by atoms with E-state index in [4.69, 9.17) is 14.2 Å². The number of hydrogen-bond donors (Lipinski definition) is 1. The molecule has 9 nitrogen and oxygen atoms in total. The second-order valence-corrected chi connectivity index (χ2v) is 7.76. The average Bonchev–Trinajstić information content (AvgIpc) is 2.89. The zero-order chi connectivity index (χ0) is 24.6. The minimum atomic E-state index is -0.364. The normalized spacial score (nSPS) is 12.4. The Bertz CT molecular complexity index is 1200. The monoisotopic (exact) mass is 475 g/mol. The number of anilines is 1. The highest BCUT2D eigenvalue weighted by atomic mass is 16.5. The summed E-state index contributed by atoms with van der Waals surface area (Å²) in [5.41, 5.74) is 1.58. The minimum Gasteiger partial charge on any atom is -0.497 e. The van der Waals surface area contributed by atoms with Crippen LogP contribution in [0.4, 0.5) is 5.69 Å². The van der Waals surface area contributed by atoms with Gasteiger partial charge in [-0.05, 0) is 54.6 Å². The molecule has 9 heteroatoms. The van der Waals surface area contributed by atoms with Crippen LogP contribution in [0.2, 0.25) is 0 Å². The van der Waals surface area contributed by atoms with E-state index in [1.165, 1.54) is 4.90 Å². The Kier molecular flexibility index (Phi) is 7.57. The van der Waals surface area contributed by atoms with Gasteiger partial charge >= 0.3 is 0 Å². The molecule has 1 aliphatic heterocycles. The van der Waals surface area contributed by atoms with Gasteiger partial charge in [-0.25, -0.2) is 0 Å². The summed E-state index contributed by atoms with van der Waals surface area (Å²) in [7, 11) is 1.57. The highest BCUT2D eigenvalue weighted by Crippen LogP contribution is 2.33. The third-order valence-electron chi connectivity index (χ3n) is 5.38. The van der Waals surface area contributed by atoms with Gasteiger partial charge in [-0.2, -0.15) is 0 Å². The van der Waals surface area contributed by atoms with E-state index in [0.29, 0.717) is 41.5 Å². The van der Waals surface area contributed by atoms with Crippen molar-refractivity contribution in [2.45, 2.75) is 6.42 Å². The Morgan fingerprint density at radius 3 is 2.63 bits per heavy atom. The average molecular weight is 476 g/mol.